The van der Waals surface area contributed by atoms with Crippen molar-refractivity contribution in [1.29, 1.82) is 0 Å². The van der Waals surface area contributed by atoms with Gasteiger partial charge < -0.3 is 9.72 Å². The summed E-state index contributed by atoms with van der Waals surface area (Å²) < 4.78 is 2.02. The lowest BCUT2D eigenvalue weighted by atomic mass is 10.2. The average molecular weight is 222 g/mol. The van der Waals surface area contributed by atoms with Crippen LogP contribution in [0.5, 0.6) is 0 Å². The van der Waals surface area contributed by atoms with Crippen LogP contribution in [0.3, 0.4) is 0 Å². The van der Waals surface area contributed by atoms with Crippen LogP contribution in [-0.2, 0) is 0 Å². The van der Waals surface area contributed by atoms with Crippen molar-refractivity contribution in [1.82, 2.24) is 14.7 Å². The minimum atomic E-state index is 0.420. The summed E-state index contributed by atoms with van der Waals surface area (Å²) >= 11 is 5.92. The van der Waals surface area contributed by atoms with Gasteiger partial charge in [0, 0.05) is 17.4 Å². The first-order chi connectivity index (χ1) is 7.33. The molecule has 0 radical (unpaired) electrons. The van der Waals surface area contributed by atoms with Gasteiger partial charge in [-0.1, -0.05) is 11.6 Å². The number of hydrogen-bond acceptors (Lipinski definition) is 2. The maximum absolute atomic E-state index is 5.92. The minimum Gasteiger partial charge on any atom is -0.309 e. The molecule has 78 valence electrons. The third kappa shape index (κ3) is 1.62. The number of rotatable bonds is 1. The van der Waals surface area contributed by atoms with E-state index in [-0.39, 0.29) is 0 Å². The number of imidazole rings is 1. The van der Waals surface area contributed by atoms with Gasteiger partial charge in [-0.25, -0.2) is 4.98 Å². The molecule has 0 saturated carbocycles. The smallest absolute Gasteiger partial charge is 0.138 e. The Balaban J connectivity index is 2.05. The molecule has 1 fully saturated rings. The quantitative estimate of drug-likeness (QED) is 0.802. The fourth-order valence-electron chi connectivity index (χ4n) is 2.08. The summed E-state index contributed by atoms with van der Waals surface area (Å²) in [5, 5.41) is 4.17. The number of halogens is 1. The second-order valence-electron chi connectivity index (χ2n) is 3.93. The van der Waals surface area contributed by atoms with Crippen LogP contribution in [0.1, 0.15) is 24.6 Å². The summed E-state index contributed by atoms with van der Waals surface area (Å²) in [4.78, 5) is 4.57. The van der Waals surface area contributed by atoms with Crippen LogP contribution in [0.15, 0.2) is 24.5 Å². The van der Waals surface area contributed by atoms with Gasteiger partial charge >= 0.3 is 0 Å². The van der Waals surface area contributed by atoms with Crippen molar-refractivity contribution in [2.45, 2.75) is 18.9 Å². The van der Waals surface area contributed by atoms with Gasteiger partial charge in [-0.15, -0.1) is 0 Å². The lowest BCUT2D eigenvalue weighted by molar-refractivity contribution is 0.632. The number of aromatic nitrogens is 2. The third-order valence-corrected chi connectivity index (χ3v) is 3.09. The molecule has 0 spiro atoms. The summed E-state index contributed by atoms with van der Waals surface area (Å²) in [5.41, 5.74) is 2.04. The van der Waals surface area contributed by atoms with Crippen LogP contribution >= 0.6 is 11.6 Å². The van der Waals surface area contributed by atoms with E-state index in [9.17, 15) is 0 Å². The molecule has 2 aromatic rings. The number of nitrogens with one attached hydrogen (secondary N) is 1. The Morgan fingerprint density at radius 2 is 2.47 bits per heavy atom. The highest BCUT2D eigenvalue weighted by Gasteiger charge is 2.18. The molecule has 3 rings (SSSR count). The van der Waals surface area contributed by atoms with E-state index in [1.807, 2.05) is 22.7 Å². The van der Waals surface area contributed by atoms with Crippen molar-refractivity contribution in [3.05, 3.63) is 35.2 Å². The molecule has 3 heterocycles. The summed E-state index contributed by atoms with van der Waals surface area (Å²) in [6.45, 7) is 1.10. The molecule has 15 heavy (non-hydrogen) atoms. The Morgan fingerprint density at radius 1 is 1.53 bits per heavy atom. The summed E-state index contributed by atoms with van der Waals surface area (Å²) in [5.74, 6) is 0. The predicted octanol–water partition coefficient (Wildman–Crippen LogP) is 2.41. The van der Waals surface area contributed by atoms with Gasteiger partial charge in [0.1, 0.15) is 5.65 Å². The third-order valence-electron chi connectivity index (χ3n) is 2.86. The fourth-order valence-corrected chi connectivity index (χ4v) is 2.24. The zero-order chi connectivity index (χ0) is 10.3. The molecule has 0 bridgehead atoms. The maximum Gasteiger partial charge on any atom is 0.138 e. The minimum absolute atomic E-state index is 0.420. The van der Waals surface area contributed by atoms with Crippen LogP contribution in [0.4, 0.5) is 0 Å². The van der Waals surface area contributed by atoms with Crippen molar-refractivity contribution < 1.29 is 0 Å². The summed E-state index contributed by atoms with van der Waals surface area (Å²) in [6.07, 6.45) is 6.44. The molecule has 1 aliphatic rings. The van der Waals surface area contributed by atoms with Crippen molar-refractivity contribution in [2.24, 2.45) is 0 Å². The molecule has 1 aliphatic heterocycles. The highest BCUT2D eigenvalue weighted by atomic mass is 35.5. The van der Waals surface area contributed by atoms with Crippen LogP contribution < -0.4 is 5.32 Å². The average Bonchev–Trinajstić information content (AvgIpc) is 2.84. The fraction of sp³-hybridized carbons (Fsp3) is 0.364. The van der Waals surface area contributed by atoms with E-state index in [0.717, 1.165) is 22.9 Å². The standard InChI is InChI=1S/C11H12ClN3/c12-8-3-5-15-7-10(14-11(15)6-8)9-2-1-4-13-9/h3,5-7,9,13H,1-2,4H2. The first kappa shape index (κ1) is 9.19. The zero-order valence-electron chi connectivity index (χ0n) is 8.28. The molecule has 2 aromatic heterocycles. The highest BCUT2D eigenvalue weighted by Crippen LogP contribution is 2.23. The van der Waals surface area contributed by atoms with Gasteiger partial charge in [-0.2, -0.15) is 0 Å². The van der Waals surface area contributed by atoms with Crippen molar-refractivity contribution in [3.8, 4) is 0 Å². The molecule has 3 nitrogen and oxygen atoms in total. The van der Waals surface area contributed by atoms with E-state index < -0.39 is 0 Å². The van der Waals surface area contributed by atoms with Crippen LogP contribution in [0.2, 0.25) is 5.02 Å². The van der Waals surface area contributed by atoms with Gasteiger partial charge in [-0.05, 0) is 31.5 Å². The Labute approximate surface area is 93.1 Å². The van der Waals surface area contributed by atoms with E-state index in [1.165, 1.54) is 12.8 Å². The van der Waals surface area contributed by atoms with Crippen molar-refractivity contribution >= 4 is 17.2 Å². The second-order valence-corrected chi connectivity index (χ2v) is 4.36. The first-order valence-electron chi connectivity index (χ1n) is 5.20. The maximum atomic E-state index is 5.92. The molecule has 0 aliphatic carbocycles. The number of nitrogens with zero attached hydrogens (tertiary/aromatic N) is 2. The number of hydrogen-bond donors (Lipinski definition) is 1. The van der Waals surface area contributed by atoms with Crippen molar-refractivity contribution in [2.75, 3.05) is 6.54 Å². The largest absolute Gasteiger partial charge is 0.309 e. The zero-order valence-corrected chi connectivity index (χ0v) is 9.04. The number of pyridine rings is 1. The highest BCUT2D eigenvalue weighted by molar-refractivity contribution is 6.30. The Bertz CT molecular complexity index is 486. The first-order valence-corrected chi connectivity index (χ1v) is 5.58. The van der Waals surface area contributed by atoms with Gasteiger partial charge in [0.05, 0.1) is 11.7 Å². The lowest BCUT2D eigenvalue weighted by Crippen LogP contribution is -2.12. The van der Waals surface area contributed by atoms with E-state index >= 15 is 0 Å². The van der Waals surface area contributed by atoms with Gasteiger partial charge in [0.15, 0.2) is 0 Å². The topological polar surface area (TPSA) is 29.3 Å². The van der Waals surface area contributed by atoms with Gasteiger partial charge in [0.2, 0.25) is 0 Å². The van der Waals surface area contributed by atoms with E-state index in [2.05, 4.69) is 16.5 Å². The molecule has 1 N–H and O–H groups in total. The molecule has 1 saturated heterocycles. The van der Waals surface area contributed by atoms with Crippen molar-refractivity contribution in [3.63, 3.8) is 0 Å². The lowest BCUT2D eigenvalue weighted by Gasteiger charge is -2.04. The van der Waals surface area contributed by atoms with Crippen LogP contribution in [0, 0.1) is 0 Å². The van der Waals surface area contributed by atoms with Gasteiger partial charge in [-0.3, -0.25) is 0 Å². The molecule has 1 unspecified atom stereocenters. The Morgan fingerprint density at radius 3 is 3.27 bits per heavy atom. The number of fused-ring (bicyclic) bond motifs is 1. The molecular formula is C11H12ClN3. The predicted molar refractivity (Wildman–Crippen MR) is 60.2 cm³/mol. The molecule has 1 atom stereocenters. The second kappa shape index (κ2) is 3.51. The summed E-state index contributed by atoms with van der Waals surface area (Å²) in [7, 11) is 0. The molecular weight excluding hydrogens is 210 g/mol. The monoisotopic (exact) mass is 221 g/mol. The molecule has 4 heteroatoms. The summed E-state index contributed by atoms with van der Waals surface area (Å²) in [6, 6.07) is 4.19. The van der Waals surface area contributed by atoms with E-state index in [1.54, 1.807) is 0 Å². The van der Waals surface area contributed by atoms with Gasteiger partial charge in [0.25, 0.3) is 0 Å². The van der Waals surface area contributed by atoms with Crippen LogP contribution in [-0.4, -0.2) is 15.9 Å². The Kier molecular flexibility index (Phi) is 2.15. The Hall–Kier alpha value is -1.06. The normalized spacial score (nSPS) is 21.3. The van der Waals surface area contributed by atoms with E-state index in [0.29, 0.717) is 6.04 Å². The SMILES string of the molecule is Clc1ccn2cc(C3CCCN3)nc2c1. The van der Waals surface area contributed by atoms with Crippen LogP contribution in [0.25, 0.3) is 5.65 Å². The van der Waals surface area contributed by atoms with E-state index in [4.69, 9.17) is 11.6 Å². The molecule has 0 amide bonds. The molecule has 0 aromatic carbocycles.